The quantitative estimate of drug-likeness (QED) is 0.389. The molecule has 2 atom stereocenters. The van der Waals surface area contributed by atoms with Gasteiger partial charge in [-0.2, -0.15) is 0 Å². The third-order valence-electron chi connectivity index (χ3n) is 5.37. The lowest BCUT2D eigenvalue weighted by molar-refractivity contribution is -0.124. The van der Waals surface area contributed by atoms with Crippen LogP contribution in [-0.4, -0.2) is 61.8 Å². The number of unbranched alkanes of at least 4 members (excludes halogenated alkanes) is 1. The van der Waals surface area contributed by atoms with Crippen molar-refractivity contribution in [1.29, 1.82) is 0 Å². The number of hydrogen-bond acceptors (Lipinski definition) is 7. The number of sulfone groups is 1. The van der Waals surface area contributed by atoms with Gasteiger partial charge < -0.3 is 14.8 Å². The summed E-state index contributed by atoms with van der Waals surface area (Å²) in [5.74, 6) is -0.385. The largest absolute Gasteiger partial charge is 0.438 e. The van der Waals surface area contributed by atoms with E-state index in [9.17, 15) is 18.3 Å². The van der Waals surface area contributed by atoms with E-state index in [0.29, 0.717) is 42.5 Å². The molecule has 2 aromatic carbocycles. The molecule has 0 fully saturated rings. The van der Waals surface area contributed by atoms with Gasteiger partial charge in [-0.3, -0.25) is 9.69 Å². The Morgan fingerprint density at radius 1 is 1.09 bits per heavy atom. The van der Waals surface area contributed by atoms with Crippen LogP contribution >= 0.6 is 0 Å². The summed E-state index contributed by atoms with van der Waals surface area (Å²) in [5.41, 5.74) is 2.04. The Bertz CT molecular complexity index is 1110. The molecule has 0 saturated carbocycles. The molecule has 0 radical (unpaired) electrons. The Morgan fingerprint density at radius 2 is 1.79 bits per heavy atom. The molecule has 0 saturated heterocycles. The van der Waals surface area contributed by atoms with Gasteiger partial charge in [-0.05, 0) is 51.1 Å². The first kappa shape index (κ1) is 24.9. The van der Waals surface area contributed by atoms with Gasteiger partial charge in [-0.15, -0.1) is 0 Å². The van der Waals surface area contributed by atoms with Crippen LogP contribution in [0.1, 0.15) is 36.8 Å². The molecule has 0 unspecified atom stereocenters. The highest BCUT2D eigenvalue weighted by atomic mass is 32.2. The maximum atomic E-state index is 12.6. The number of carbonyl (C=O) groups excluding carboxylic acids is 1. The first-order valence-corrected chi connectivity index (χ1v) is 12.8. The minimum atomic E-state index is -3.47. The number of nitrogens with zero attached hydrogens (tertiary/aromatic N) is 2. The number of amides is 1. The molecule has 1 amide bonds. The lowest BCUT2D eigenvalue weighted by atomic mass is 10.1. The number of likely N-dealkylation sites (N-methyl/N-ethyl adjacent to an activating group) is 1. The molecular weight excluding hydrogens is 442 g/mol. The summed E-state index contributed by atoms with van der Waals surface area (Å²) in [7, 11) is -0.0783. The summed E-state index contributed by atoms with van der Waals surface area (Å²) in [5, 5.41) is 13.1. The Hall–Kier alpha value is -2.75. The summed E-state index contributed by atoms with van der Waals surface area (Å²) >= 11 is 0. The third-order valence-corrected chi connectivity index (χ3v) is 6.96. The Kier molecular flexibility index (Phi) is 8.60. The molecule has 2 N–H and O–H groups in total. The number of fused-ring (bicyclic) bond motifs is 1. The Balaban J connectivity index is 1.43. The van der Waals surface area contributed by atoms with E-state index in [1.54, 1.807) is 49.3 Å². The number of nitrogens with one attached hydrogen (secondary N) is 1. The number of carbonyl (C=O) groups is 1. The molecule has 3 rings (SSSR count). The highest BCUT2D eigenvalue weighted by Crippen LogP contribution is 2.23. The first-order chi connectivity index (χ1) is 15.7. The predicted molar refractivity (Wildman–Crippen MR) is 127 cm³/mol. The van der Waals surface area contributed by atoms with Crippen molar-refractivity contribution < 1.29 is 22.7 Å². The maximum absolute atomic E-state index is 12.6. The van der Waals surface area contributed by atoms with Crippen molar-refractivity contribution in [2.75, 3.05) is 26.4 Å². The summed E-state index contributed by atoms with van der Waals surface area (Å²) in [4.78, 5) is 18.6. The van der Waals surface area contributed by atoms with Crippen molar-refractivity contribution in [3.63, 3.8) is 0 Å². The fourth-order valence-electron chi connectivity index (χ4n) is 3.54. The van der Waals surface area contributed by atoms with Crippen LogP contribution in [-0.2, 0) is 20.4 Å². The van der Waals surface area contributed by atoms with Crippen LogP contribution in [0.2, 0.25) is 0 Å². The number of hydrogen-bond donors (Lipinski definition) is 2. The second-order valence-electron chi connectivity index (χ2n) is 8.34. The van der Waals surface area contributed by atoms with Crippen molar-refractivity contribution in [2.45, 2.75) is 37.2 Å². The van der Waals surface area contributed by atoms with Gasteiger partial charge in [0, 0.05) is 6.54 Å². The second kappa shape index (κ2) is 11.4. The van der Waals surface area contributed by atoms with Gasteiger partial charge >= 0.3 is 0 Å². The number of rotatable bonds is 12. The first-order valence-electron chi connectivity index (χ1n) is 11.0. The van der Waals surface area contributed by atoms with E-state index in [-0.39, 0.29) is 23.3 Å². The van der Waals surface area contributed by atoms with Gasteiger partial charge in [0.2, 0.25) is 11.8 Å². The highest BCUT2D eigenvalue weighted by Gasteiger charge is 2.27. The molecule has 0 bridgehead atoms. The van der Waals surface area contributed by atoms with Gasteiger partial charge in [-0.25, -0.2) is 13.4 Å². The Morgan fingerprint density at radius 3 is 2.48 bits per heavy atom. The molecule has 1 aromatic heterocycles. The van der Waals surface area contributed by atoms with Crippen LogP contribution in [0.3, 0.4) is 0 Å². The molecule has 0 aliphatic rings. The van der Waals surface area contributed by atoms with Gasteiger partial charge in [0.05, 0.1) is 11.5 Å². The average Bonchev–Trinajstić information content (AvgIpc) is 3.22. The summed E-state index contributed by atoms with van der Waals surface area (Å²) in [6, 6.07) is 15.5. The molecular formula is C24H31N3O5S. The van der Waals surface area contributed by atoms with E-state index < -0.39 is 22.0 Å². The zero-order valence-electron chi connectivity index (χ0n) is 19.0. The van der Waals surface area contributed by atoms with Crippen molar-refractivity contribution in [1.82, 2.24) is 15.2 Å². The average molecular weight is 474 g/mol. The molecule has 8 nitrogen and oxygen atoms in total. The van der Waals surface area contributed by atoms with E-state index in [1.807, 2.05) is 24.3 Å². The van der Waals surface area contributed by atoms with Crippen LogP contribution < -0.4 is 5.32 Å². The predicted octanol–water partition coefficient (Wildman–Crippen LogP) is 2.69. The van der Waals surface area contributed by atoms with Crippen LogP contribution in [0.25, 0.3) is 11.1 Å². The van der Waals surface area contributed by atoms with Crippen LogP contribution in [0, 0.1) is 0 Å². The smallest absolute Gasteiger partial charge is 0.238 e. The van der Waals surface area contributed by atoms with E-state index in [4.69, 9.17) is 4.42 Å². The van der Waals surface area contributed by atoms with Crippen molar-refractivity contribution in [3.8, 4) is 0 Å². The fourth-order valence-corrected chi connectivity index (χ4v) is 5.28. The minimum absolute atomic E-state index is 0.0980. The normalized spacial score (nSPS) is 13.8. The number of aliphatic hydroxyl groups excluding tert-OH is 1. The minimum Gasteiger partial charge on any atom is -0.438 e. The van der Waals surface area contributed by atoms with Gasteiger partial charge in [0.1, 0.15) is 17.7 Å². The van der Waals surface area contributed by atoms with E-state index in [1.165, 1.54) is 0 Å². The van der Waals surface area contributed by atoms with E-state index >= 15 is 0 Å². The topological polar surface area (TPSA) is 113 Å². The molecule has 1 heterocycles. The van der Waals surface area contributed by atoms with Gasteiger partial charge in [0.15, 0.2) is 15.4 Å². The number of aliphatic hydroxyl groups is 1. The van der Waals surface area contributed by atoms with Crippen molar-refractivity contribution in [2.24, 2.45) is 0 Å². The number of aromatic nitrogens is 1. The summed E-state index contributed by atoms with van der Waals surface area (Å²) in [6.07, 6.45) is 0.926. The standard InChI is InChI=1S/C24H31N3O5S/c1-27(2)20(17-33(30,31)16-18-10-4-3-5-11-18)23(29)25-15-9-8-13-21(28)24-26-19-12-6-7-14-22(19)32-24/h3-7,10-12,14,20-21,28H,8-9,13,15-17H2,1-2H3,(H,25,29)/t20-,21-/m0/s1. The molecule has 33 heavy (non-hydrogen) atoms. The molecule has 3 aromatic rings. The molecule has 9 heteroatoms. The zero-order valence-corrected chi connectivity index (χ0v) is 19.8. The molecule has 0 aliphatic heterocycles. The molecule has 178 valence electrons. The van der Waals surface area contributed by atoms with Crippen LogP contribution in [0.4, 0.5) is 0 Å². The SMILES string of the molecule is CN(C)[C@@H](CS(=O)(=O)Cc1ccccc1)C(=O)NCCCC[C@H](O)c1nc2ccccc2o1. The van der Waals surface area contributed by atoms with E-state index in [0.717, 1.165) is 0 Å². The monoisotopic (exact) mass is 473 g/mol. The van der Waals surface area contributed by atoms with Gasteiger partial charge in [-0.1, -0.05) is 42.5 Å². The summed E-state index contributed by atoms with van der Waals surface area (Å²) in [6.45, 7) is 0.391. The fraction of sp³-hybridized carbons (Fsp3) is 0.417. The highest BCUT2D eigenvalue weighted by molar-refractivity contribution is 7.90. The lowest BCUT2D eigenvalue weighted by Gasteiger charge is -2.23. The van der Waals surface area contributed by atoms with E-state index in [2.05, 4.69) is 10.3 Å². The molecule has 0 aliphatic carbocycles. The Labute approximate surface area is 194 Å². The third kappa shape index (κ3) is 7.38. The van der Waals surface area contributed by atoms with Gasteiger partial charge in [0.25, 0.3) is 0 Å². The van der Waals surface area contributed by atoms with Crippen molar-refractivity contribution in [3.05, 3.63) is 66.1 Å². The summed E-state index contributed by atoms with van der Waals surface area (Å²) < 4.78 is 30.8. The zero-order chi connectivity index (χ0) is 23.8. The lowest BCUT2D eigenvalue weighted by Crippen LogP contribution is -2.47. The van der Waals surface area contributed by atoms with Crippen molar-refractivity contribution >= 4 is 26.8 Å². The molecule has 0 spiro atoms. The van der Waals surface area contributed by atoms with Crippen LogP contribution in [0.5, 0.6) is 0 Å². The number of oxazole rings is 1. The second-order valence-corrected chi connectivity index (χ2v) is 10.5. The number of para-hydroxylation sites is 2. The maximum Gasteiger partial charge on any atom is 0.238 e. The van der Waals surface area contributed by atoms with Crippen LogP contribution in [0.15, 0.2) is 59.0 Å². The number of benzene rings is 2.